The van der Waals surface area contributed by atoms with Crippen molar-refractivity contribution in [1.29, 1.82) is 0 Å². The van der Waals surface area contributed by atoms with Crippen molar-refractivity contribution >= 4 is 34.6 Å². The van der Waals surface area contributed by atoms with Gasteiger partial charge >= 0.3 is 5.97 Å². The summed E-state index contributed by atoms with van der Waals surface area (Å²) in [6.45, 7) is 2.89. The van der Waals surface area contributed by atoms with E-state index >= 15 is 0 Å². The number of rotatable bonds is 11. The zero-order valence-corrected chi connectivity index (χ0v) is 23.7. The summed E-state index contributed by atoms with van der Waals surface area (Å²) in [5.74, 6) is 1.40. The van der Waals surface area contributed by atoms with Gasteiger partial charge in [0.05, 0.1) is 14.2 Å². The van der Waals surface area contributed by atoms with E-state index in [9.17, 15) is 9.90 Å². The molecule has 0 saturated heterocycles. The molecule has 0 fully saturated rings. The third-order valence-corrected chi connectivity index (χ3v) is 7.48. The largest absolute Gasteiger partial charge is 0.497 e. The van der Waals surface area contributed by atoms with Crippen LogP contribution in [-0.4, -0.2) is 40.1 Å². The lowest BCUT2D eigenvalue weighted by molar-refractivity contribution is -0.131. The van der Waals surface area contributed by atoms with Gasteiger partial charge in [-0.3, -0.25) is 0 Å². The Balaban J connectivity index is 1.38. The van der Waals surface area contributed by atoms with Crippen LogP contribution in [0.5, 0.6) is 17.2 Å². The Kier molecular flexibility index (Phi) is 8.55. The van der Waals surface area contributed by atoms with Gasteiger partial charge in [0.25, 0.3) is 0 Å². The Labute approximate surface area is 242 Å². The van der Waals surface area contributed by atoms with Crippen LogP contribution in [0.1, 0.15) is 18.1 Å². The molecule has 1 heterocycles. The summed E-state index contributed by atoms with van der Waals surface area (Å²) in [7, 11) is 3.16. The van der Waals surface area contributed by atoms with Crippen LogP contribution in [0.15, 0.2) is 95.0 Å². The fraction of sp³-hybridized carbons (Fsp3) is 0.156. The molecule has 8 nitrogen and oxygen atoms in total. The van der Waals surface area contributed by atoms with E-state index in [0.29, 0.717) is 46.9 Å². The van der Waals surface area contributed by atoms with Crippen molar-refractivity contribution in [2.24, 2.45) is 0 Å². The molecule has 4 aromatic carbocycles. The molecule has 1 N–H and O–H groups in total. The summed E-state index contributed by atoms with van der Waals surface area (Å²) in [5, 5.41) is 21.5. The van der Waals surface area contributed by atoms with Gasteiger partial charge < -0.3 is 23.9 Å². The minimum absolute atomic E-state index is 0.105. The molecule has 0 unspecified atom stereocenters. The summed E-state index contributed by atoms with van der Waals surface area (Å²) in [5.41, 5.74) is 2.53. The number of hydrogen-bond donors (Lipinski definition) is 1. The number of aliphatic carboxylic acids is 1. The quantitative estimate of drug-likeness (QED) is 0.136. The highest BCUT2D eigenvalue weighted by molar-refractivity contribution is 8.04. The Hall–Kier alpha value is -4.76. The third kappa shape index (κ3) is 6.36. The number of aromatic nitrogens is 3. The van der Waals surface area contributed by atoms with E-state index in [4.69, 9.17) is 14.2 Å². The molecule has 0 aliphatic rings. The highest BCUT2D eigenvalue weighted by Crippen LogP contribution is 2.34. The molecule has 1 aromatic heterocycles. The predicted octanol–water partition coefficient (Wildman–Crippen LogP) is 6.93. The zero-order valence-electron chi connectivity index (χ0n) is 22.9. The number of hydrogen-bond acceptors (Lipinski definition) is 7. The maximum Gasteiger partial charge on any atom is 0.342 e. The third-order valence-electron chi connectivity index (χ3n) is 6.48. The van der Waals surface area contributed by atoms with Crippen molar-refractivity contribution in [3.05, 3.63) is 101 Å². The van der Waals surface area contributed by atoms with Crippen LogP contribution >= 0.6 is 11.8 Å². The number of thioether (sulfide) groups is 1. The van der Waals surface area contributed by atoms with Crippen molar-refractivity contribution in [1.82, 2.24) is 14.8 Å². The lowest BCUT2D eigenvalue weighted by atomic mass is 10.1. The molecule has 0 aliphatic carbocycles. The predicted molar refractivity (Wildman–Crippen MR) is 160 cm³/mol. The summed E-state index contributed by atoms with van der Waals surface area (Å²) in [6.07, 6.45) is 1.61. The first-order valence-electron chi connectivity index (χ1n) is 13.0. The number of methoxy groups -OCH3 is 2. The van der Waals surface area contributed by atoms with E-state index in [0.717, 1.165) is 33.7 Å². The molecule has 9 heteroatoms. The molecule has 0 spiro atoms. The highest BCUT2D eigenvalue weighted by atomic mass is 32.2. The van der Waals surface area contributed by atoms with E-state index < -0.39 is 5.97 Å². The van der Waals surface area contributed by atoms with Gasteiger partial charge in [0.1, 0.15) is 28.8 Å². The number of nitrogens with zero attached hydrogens (tertiary/aromatic N) is 3. The zero-order chi connectivity index (χ0) is 28.8. The van der Waals surface area contributed by atoms with Crippen LogP contribution in [0.4, 0.5) is 0 Å². The lowest BCUT2D eigenvalue weighted by Crippen LogP contribution is -2.03. The minimum atomic E-state index is -1.06. The van der Waals surface area contributed by atoms with Crippen molar-refractivity contribution in [3.8, 4) is 28.6 Å². The first kappa shape index (κ1) is 27.8. The number of ether oxygens (including phenoxy) is 3. The van der Waals surface area contributed by atoms with Gasteiger partial charge in [-0.15, -0.1) is 10.2 Å². The Morgan fingerprint density at radius 3 is 2.37 bits per heavy atom. The van der Waals surface area contributed by atoms with E-state index in [1.807, 2.05) is 72.2 Å². The first-order valence-corrected chi connectivity index (χ1v) is 13.8. The van der Waals surface area contributed by atoms with E-state index in [1.165, 1.54) is 0 Å². The molecule has 0 saturated carbocycles. The average molecular weight is 568 g/mol. The molecule has 0 amide bonds. The molecular formula is C32H29N3O5S. The van der Waals surface area contributed by atoms with E-state index in [1.54, 1.807) is 26.4 Å². The number of carboxylic acid groups (broad SMARTS) is 1. The summed E-state index contributed by atoms with van der Waals surface area (Å²) in [4.78, 5) is 12.4. The smallest absolute Gasteiger partial charge is 0.342 e. The highest BCUT2D eigenvalue weighted by Gasteiger charge is 2.19. The van der Waals surface area contributed by atoms with Gasteiger partial charge in [0, 0.05) is 18.2 Å². The molecule has 0 atom stereocenters. The second-order valence-electron chi connectivity index (χ2n) is 9.07. The molecule has 0 bridgehead atoms. The maximum absolute atomic E-state index is 12.3. The maximum atomic E-state index is 12.3. The molecule has 0 aliphatic heterocycles. The molecule has 208 valence electrons. The van der Waals surface area contributed by atoms with Gasteiger partial charge in [-0.1, -0.05) is 54.6 Å². The van der Waals surface area contributed by atoms with Crippen molar-refractivity contribution in [2.45, 2.75) is 25.2 Å². The van der Waals surface area contributed by atoms with Gasteiger partial charge in [-0.2, -0.15) is 0 Å². The second-order valence-corrected chi connectivity index (χ2v) is 10.1. The first-order chi connectivity index (χ1) is 20.0. The SMILES string of the molecule is CCn1c(S/C(=C\c2cccc(OCc3cccc4ccccc34)c2)C(=O)O)nnc1-c1cc(OC)cc(OC)c1. The Bertz CT molecular complexity index is 1700. The summed E-state index contributed by atoms with van der Waals surface area (Å²) in [6, 6.07) is 27.1. The normalized spacial score (nSPS) is 11.4. The standard InChI is InChI=1S/C32H29N3O5S/c1-4-35-30(24-17-26(38-2)19-27(18-24)39-3)33-34-32(35)41-29(31(36)37)16-21-9-7-13-25(15-21)40-20-23-12-8-11-22-10-5-6-14-28(22)23/h5-19H,4,20H2,1-3H3,(H,36,37)/b29-16-. The molecule has 5 rings (SSSR count). The number of fused-ring (bicyclic) bond motifs is 1. The van der Waals surface area contributed by atoms with Gasteiger partial charge in [0.15, 0.2) is 11.0 Å². The topological polar surface area (TPSA) is 95.7 Å². The van der Waals surface area contributed by atoms with Gasteiger partial charge in [-0.25, -0.2) is 4.79 Å². The Morgan fingerprint density at radius 2 is 1.63 bits per heavy atom. The fourth-order valence-corrected chi connectivity index (χ4v) is 5.34. The molecular weight excluding hydrogens is 538 g/mol. The van der Waals surface area contributed by atoms with Gasteiger partial charge in [0.2, 0.25) is 0 Å². The minimum Gasteiger partial charge on any atom is -0.497 e. The van der Waals surface area contributed by atoms with Crippen LogP contribution in [0.2, 0.25) is 0 Å². The van der Waals surface area contributed by atoms with Crippen molar-refractivity contribution in [3.63, 3.8) is 0 Å². The van der Waals surface area contributed by atoms with Crippen molar-refractivity contribution in [2.75, 3.05) is 14.2 Å². The lowest BCUT2D eigenvalue weighted by Gasteiger charge is -2.11. The second kappa shape index (κ2) is 12.6. The summed E-state index contributed by atoms with van der Waals surface area (Å²) >= 11 is 1.04. The van der Waals surface area contributed by atoms with E-state index in [-0.39, 0.29) is 4.91 Å². The molecule has 41 heavy (non-hydrogen) atoms. The average Bonchev–Trinajstić information content (AvgIpc) is 3.42. The number of carbonyl (C=O) groups is 1. The van der Waals surface area contributed by atoms with Crippen LogP contribution in [0.25, 0.3) is 28.2 Å². The molecule has 5 aromatic rings. The fourth-order valence-electron chi connectivity index (χ4n) is 4.46. The molecule has 0 radical (unpaired) electrons. The number of benzene rings is 4. The van der Waals surface area contributed by atoms with Crippen LogP contribution < -0.4 is 14.2 Å². The van der Waals surface area contributed by atoms with Crippen molar-refractivity contribution < 1.29 is 24.1 Å². The van der Waals surface area contributed by atoms with E-state index in [2.05, 4.69) is 28.4 Å². The van der Waals surface area contributed by atoms with Gasteiger partial charge in [-0.05, 0) is 70.9 Å². The van der Waals surface area contributed by atoms with Crippen LogP contribution in [0, 0.1) is 0 Å². The number of carboxylic acids is 1. The Morgan fingerprint density at radius 1 is 0.902 bits per heavy atom. The summed E-state index contributed by atoms with van der Waals surface area (Å²) < 4.78 is 18.7. The van der Waals surface area contributed by atoms with Crippen LogP contribution in [-0.2, 0) is 17.9 Å². The monoisotopic (exact) mass is 567 g/mol. The van der Waals surface area contributed by atoms with Crippen LogP contribution in [0.3, 0.4) is 0 Å².